The van der Waals surface area contributed by atoms with Gasteiger partial charge >= 0.3 is 0 Å². The van der Waals surface area contributed by atoms with Gasteiger partial charge < -0.3 is 9.52 Å². The molecule has 238 valence electrons. The molecule has 0 fully saturated rings. The van der Waals surface area contributed by atoms with Crippen LogP contribution in [0.15, 0.2) is 102 Å². The zero-order valence-corrected chi connectivity index (χ0v) is 29.6. The number of fused-ring (bicyclic) bond motifs is 2. The molecule has 0 aliphatic rings. The average molecular weight is 798 g/mol. The minimum Gasteiger partial charge on any atom is -0.507 e. The summed E-state index contributed by atoms with van der Waals surface area (Å²) >= 11 is 0. The summed E-state index contributed by atoms with van der Waals surface area (Å²) in [5.74, 6) is 0.802. The predicted molar refractivity (Wildman–Crippen MR) is 187 cm³/mol. The molecule has 1 N–H and O–H groups in total. The Morgan fingerprint density at radius 2 is 1.53 bits per heavy atom. The topological polar surface area (TPSA) is 72.0 Å². The molecule has 0 atom stereocenters. The van der Waals surface area contributed by atoms with Gasteiger partial charge in [-0.1, -0.05) is 70.0 Å². The van der Waals surface area contributed by atoms with Gasteiger partial charge in [0.15, 0.2) is 0 Å². The van der Waals surface area contributed by atoms with Crippen LogP contribution in [0.4, 0.5) is 0 Å². The van der Waals surface area contributed by atoms with E-state index in [-0.39, 0.29) is 38.1 Å². The Hall–Kier alpha value is -4.60. The van der Waals surface area contributed by atoms with Crippen LogP contribution in [-0.4, -0.2) is 20.1 Å². The molecule has 0 saturated heterocycles. The molecule has 5 nitrogen and oxygen atoms in total. The van der Waals surface area contributed by atoms with Gasteiger partial charge in [-0.05, 0) is 88.4 Å². The molecular formula is C41H36N3O2Pt-. The number of aromatic hydroxyl groups is 1. The van der Waals surface area contributed by atoms with Crippen LogP contribution in [-0.2, 0) is 26.5 Å². The molecule has 4 aromatic carbocycles. The van der Waals surface area contributed by atoms with Crippen molar-refractivity contribution < 1.29 is 30.6 Å². The number of rotatable bonds is 5. The number of hydrogen-bond acceptors (Lipinski definition) is 5. The van der Waals surface area contributed by atoms with Crippen LogP contribution in [0.5, 0.6) is 5.75 Å². The first-order chi connectivity index (χ1) is 22.0. The van der Waals surface area contributed by atoms with Gasteiger partial charge in [0, 0.05) is 39.0 Å². The number of pyridine rings is 2. The second-order valence-corrected chi connectivity index (χ2v) is 13.4. The van der Waals surface area contributed by atoms with Crippen molar-refractivity contribution in [1.29, 1.82) is 0 Å². The van der Waals surface area contributed by atoms with Crippen molar-refractivity contribution in [1.82, 2.24) is 15.0 Å². The van der Waals surface area contributed by atoms with E-state index in [1.807, 2.05) is 36.7 Å². The monoisotopic (exact) mass is 797 g/mol. The summed E-state index contributed by atoms with van der Waals surface area (Å²) in [6.07, 6.45) is 3.68. The summed E-state index contributed by atoms with van der Waals surface area (Å²) in [5.41, 5.74) is 11.9. The van der Waals surface area contributed by atoms with E-state index in [1.54, 1.807) is 6.07 Å². The smallest absolute Gasteiger partial charge is 0.230 e. The Morgan fingerprint density at radius 1 is 0.766 bits per heavy atom. The molecule has 0 aliphatic heterocycles. The van der Waals surface area contributed by atoms with E-state index in [0.717, 1.165) is 66.6 Å². The van der Waals surface area contributed by atoms with Crippen molar-refractivity contribution in [2.24, 2.45) is 0 Å². The van der Waals surface area contributed by atoms with E-state index < -0.39 is 0 Å². The minimum atomic E-state index is -0.0917. The molecule has 0 saturated carbocycles. The largest absolute Gasteiger partial charge is 0.507 e. The van der Waals surface area contributed by atoms with Crippen molar-refractivity contribution in [3.63, 3.8) is 0 Å². The molecule has 6 heteroatoms. The molecule has 47 heavy (non-hydrogen) atoms. The first kappa shape index (κ1) is 32.3. The Morgan fingerprint density at radius 3 is 2.26 bits per heavy atom. The van der Waals surface area contributed by atoms with Crippen LogP contribution >= 0.6 is 0 Å². The second-order valence-electron chi connectivity index (χ2n) is 13.4. The second kappa shape index (κ2) is 12.5. The number of phenols is 1. The number of benzene rings is 4. The summed E-state index contributed by atoms with van der Waals surface area (Å²) in [6, 6.07) is 32.3. The van der Waals surface area contributed by atoms with Gasteiger partial charge in [0.25, 0.3) is 0 Å². The summed E-state index contributed by atoms with van der Waals surface area (Å²) in [6.45, 7) is 12.9. The van der Waals surface area contributed by atoms with E-state index in [2.05, 4.69) is 107 Å². The number of nitrogens with zero attached hydrogens (tertiary/aromatic N) is 3. The number of aromatic nitrogens is 3. The van der Waals surface area contributed by atoms with Gasteiger partial charge in [0.1, 0.15) is 11.3 Å². The average Bonchev–Trinajstić information content (AvgIpc) is 3.47. The van der Waals surface area contributed by atoms with E-state index in [4.69, 9.17) is 14.4 Å². The number of oxazole rings is 1. The summed E-state index contributed by atoms with van der Waals surface area (Å²) < 4.78 is 6.40. The van der Waals surface area contributed by atoms with Gasteiger partial charge in [-0.15, -0.1) is 35.4 Å². The first-order valence-electron chi connectivity index (χ1n) is 15.7. The molecule has 0 unspecified atom stereocenters. The van der Waals surface area contributed by atoms with Crippen LogP contribution in [0.25, 0.3) is 67.0 Å². The Bertz CT molecular complexity index is 2260. The van der Waals surface area contributed by atoms with Gasteiger partial charge in [0.05, 0.1) is 16.8 Å². The maximum absolute atomic E-state index is 10.9. The zero-order valence-electron chi connectivity index (χ0n) is 27.3. The third-order valence-corrected chi connectivity index (χ3v) is 8.57. The fourth-order valence-corrected chi connectivity index (χ4v) is 5.90. The van der Waals surface area contributed by atoms with Crippen LogP contribution in [0, 0.1) is 13.0 Å². The summed E-state index contributed by atoms with van der Waals surface area (Å²) in [5, 5.41) is 11.9. The molecular weight excluding hydrogens is 762 g/mol. The maximum Gasteiger partial charge on any atom is 0.230 e. The van der Waals surface area contributed by atoms with E-state index in [0.29, 0.717) is 17.0 Å². The van der Waals surface area contributed by atoms with E-state index >= 15 is 0 Å². The Kier molecular flexibility index (Phi) is 8.63. The molecule has 0 spiro atoms. The third-order valence-electron chi connectivity index (χ3n) is 8.57. The summed E-state index contributed by atoms with van der Waals surface area (Å²) in [4.78, 5) is 14.4. The number of hydrogen-bond donors (Lipinski definition) is 1. The van der Waals surface area contributed by atoms with Crippen molar-refractivity contribution in [2.45, 2.75) is 52.9 Å². The fourth-order valence-electron chi connectivity index (χ4n) is 5.90. The Balaban J connectivity index is 0.00000386. The SMILES string of the molecule is Cc1ccnc(-c2cc(-c3[c-]c(-c4cc(C(C)C)cc5oc(-c6cc(C(C)(C)C)ccc6O)nc45)ccc3)c3ncccc3c2)c1.[Pt]. The fraction of sp³-hybridized carbons (Fsp3) is 0.195. The van der Waals surface area contributed by atoms with Crippen molar-refractivity contribution >= 4 is 22.0 Å². The van der Waals surface area contributed by atoms with Crippen molar-refractivity contribution in [3.8, 4) is 50.7 Å². The molecule has 3 heterocycles. The quantitative estimate of drug-likeness (QED) is 0.176. The van der Waals surface area contributed by atoms with Gasteiger partial charge in [0.2, 0.25) is 5.89 Å². The standard InChI is InChI=1S/C41H36N3O2.Pt/c1-24(2)29-20-33(39-37(22-29)46-40(44-39)34-23-31(41(4,5)6)12-13-36(34)45)27-10-7-9-26(18-27)32-21-30(35-17-25(3)14-16-42-35)19-28-11-8-15-43-38(28)32;/h7-17,19-24,45H,1-6H3;/q-1;. The molecule has 7 aromatic rings. The van der Waals surface area contributed by atoms with E-state index in [9.17, 15) is 5.11 Å². The third kappa shape index (κ3) is 6.25. The maximum atomic E-state index is 10.9. The van der Waals surface area contributed by atoms with Gasteiger partial charge in [-0.3, -0.25) is 9.97 Å². The first-order valence-corrected chi connectivity index (χ1v) is 15.7. The van der Waals surface area contributed by atoms with Gasteiger partial charge in [-0.2, -0.15) is 0 Å². The van der Waals surface area contributed by atoms with Crippen LogP contribution in [0.2, 0.25) is 0 Å². The molecule has 7 rings (SSSR count). The van der Waals surface area contributed by atoms with Crippen LogP contribution in [0.3, 0.4) is 0 Å². The predicted octanol–water partition coefficient (Wildman–Crippen LogP) is 10.7. The van der Waals surface area contributed by atoms with Crippen molar-refractivity contribution in [3.05, 3.63) is 120 Å². The number of phenolic OH excluding ortho intramolecular Hbond substituents is 1. The minimum absolute atomic E-state index is 0. The number of aryl methyl sites for hydroxylation is 1. The molecule has 3 aromatic heterocycles. The van der Waals surface area contributed by atoms with Crippen molar-refractivity contribution in [2.75, 3.05) is 0 Å². The van der Waals surface area contributed by atoms with Crippen LogP contribution < -0.4 is 0 Å². The van der Waals surface area contributed by atoms with Gasteiger partial charge in [-0.25, -0.2) is 4.98 Å². The molecule has 0 bridgehead atoms. The normalized spacial score (nSPS) is 11.7. The molecule has 0 amide bonds. The van der Waals surface area contributed by atoms with E-state index in [1.165, 1.54) is 0 Å². The Labute approximate surface area is 290 Å². The summed E-state index contributed by atoms with van der Waals surface area (Å²) in [7, 11) is 0. The zero-order chi connectivity index (χ0) is 32.2. The molecule has 0 radical (unpaired) electrons. The van der Waals surface area contributed by atoms with Crippen LogP contribution in [0.1, 0.15) is 57.2 Å². The molecule has 0 aliphatic carbocycles.